The number of ketones is 1. The largest absolute Gasteiger partial charge is 0.497 e. The molecule has 21 heavy (non-hydrogen) atoms. The van der Waals surface area contributed by atoms with Crippen LogP contribution in [0.4, 0.5) is 0 Å². The molecule has 3 nitrogen and oxygen atoms in total. The SMILES string of the molecule is COc1cccc(C(C#N)C(=O)C2C3C4CCC(C4)C23)c1. The third kappa shape index (κ3) is 1.82. The van der Waals surface area contributed by atoms with E-state index >= 15 is 0 Å². The van der Waals surface area contributed by atoms with Crippen molar-refractivity contribution in [1.29, 1.82) is 5.26 Å². The Balaban J connectivity index is 1.57. The van der Waals surface area contributed by atoms with Gasteiger partial charge in [-0.2, -0.15) is 5.26 Å². The van der Waals surface area contributed by atoms with Gasteiger partial charge in [-0.15, -0.1) is 0 Å². The van der Waals surface area contributed by atoms with E-state index < -0.39 is 5.92 Å². The van der Waals surface area contributed by atoms with E-state index in [1.54, 1.807) is 7.11 Å². The number of hydrogen-bond acceptors (Lipinski definition) is 3. The maximum Gasteiger partial charge on any atom is 0.158 e. The van der Waals surface area contributed by atoms with Gasteiger partial charge in [-0.05, 0) is 60.6 Å². The molecule has 1 aromatic rings. The quantitative estimate of drug-likeness (QED) is 0.851. The van der Waals surface area contributed by atoms with Crippen LogP contribution in [-0.2, 0) is 4.79 Å². The highest BCUT2D eigenvalue weighted by atomic mass is 16.5. The molecule has 0 N–H and O–H groups in total. The summed E-state index contributed by atoms with van der Waals surface area (Å²) in [6, 6.07) is 9.60. The molecular formula is C18H19NO2. The lowest BCUT2D eigenvalue weighted by Crippen LogP contribution is -2.17. The average Bonchev–Trinajstić information content (AvgIpc) is 2.96. The van der Waals surface area contributed by atoms with E-state index in [9.17, 15) is 10.1 Å². The first-order valence-electron chi connectivity index (χ1n) is 7.82. The van der Waals surface area contributed by atoms with Crippen LogP contribution in [0.15, 0.2) is 24.3 Å². The van der Waals surface area contributed by atoms with Crippen LogP contribution in [0.3, 0.4) is 0 Å². The lowest BCUT2D eigenvalue weighted by molar-refractivity contribution is -0.121. The Hall–Kier alpha value is -1.82. The van der Waals surface area contributed by atoms with E-state index in [4.69, 9.17) is 4.74 Å². The Labute approximate surface area is 124 Å². The summed E-state index contributed by atoms with van der Waals surface area (Å²) < 4.78 is 5.20. The average molecular weight is 281 g/mol. The minimum atomic E-state index is -0.630. The number of benzene rings is 1. The van der Waals surface area contributed by atoms with Crippen LogP contribution in [0.5, 0.6) is 5.75 Å². The van der Waals surface area contributed by atoms with Crippen molar-refractivity contribution in [2.45, 2.75) is 25.2 Å². The molecule has 108 valence electrons. The predicted molar refractivity (Wildman–Crippen MR) is 77.7 cm³/mol. The topological polar surface area (TPSA) is 50.1 Å². The van der Waals surface area contributed by atoms with E-state index in [-0.39, 0.29) is 11.7 Å². The highest BCUT2D eigenvalue weighted by Crippen LogP contribution is 2.70. The van der Waals surface area contributed by atoms with E-state index in [2.05, 4.69) is 6.07 Å². The number of ether oxygens (including phenoxy) is 1. The second kappa shape index (κ2) is 4.59. The summed E-state index contributed by atoms with van der Waals surface area (Å²) in [5, 5.41) is 9.49. The van der Waals surface area contributed by atoms with Crippen LogP contribution < -0.4 is 4.74 Å². The molecule has 2 bridgehead atoms. The van der Waals surface area contributed by atoms with E-state index in [1.807, 2.05) is 24.3 Å². The zero-order valence-corrected chi connectivity index (χ0v) is 12.2. The van der Waals surface area contributed by atoms with Crippen LogP contribution in [-0.4, -0.2) is 12.9 Å². The number of methoxy groups -OCH3 is 1. The lowest BCUT2D eigenvalue weighted by Gasteiger charge is -2.13. The molecule has 0 spiro atoms. The Morgan fingerprint density at radius 2 is 2.05 bits per heavy atom. The van der Waals surface area contributed by atoms with Crippen molar-refractivity contribution in [3.63, 3.8) is 0 Å². The van der Waals surface area contributed by atoms with Gasteiger partial charge in [0, 0.05) is 5.92 Å². The minimum Gasteiger partial charge on any atom is -0.497 e. The van der Waals surface area contributed by atoms with Gasteiger partial charge in [0.2, 0.25) is 0 Å². The number of nitrogens with zero attached hydrogens (tertiary/aromatic N) is 1. The second-order valence-corrected chi connectivity index (χ2v) is 6.75. The molecule has 0 heterocycles. The molecular weight excluding hydrogens is 262 g/mol. The molecule has 0 aliphatic heterocycles. The highest BCUT2D eigenvalue weighted by molar-refractivity contribution is 5.93. The molecule has 0 saturated heterocycles. The Morgan fingerprint density at radius 3 is 2.67 bits per heavy atom. The second-order valence-electron chi connectivity index (χ2n) is 6.75. The number of hydrogen-bond donors (Lipinski definition) is 0. The summed E-state index contributed by atoms with van der Waals surface area (Å²) in [5.74, 6) is 3.10. The third-order valence-corrected chi connectivity index (χ3v) is 5.90. The number of carbonyl (C=O) groups excluding carboxylic acids is 1. The van der Waals surface area contributed by atoms with Gasteiger partial charge < -0.3 is 4.74 Å². The molecule has 3 aliphatic carbocycles. The van der Waals surface area contributed by atoms with Gasteiger partial charge >= 0.3 is 0 Å². The predicted octanol–water partition coefficient (Wildman–Crippen LogP) is 3.16. The smallest absolute Gasteiger partial charge is 0.158 e. The number of nitriles is 1. The van der Waals surface area contributed by atoms with Gasteiger partial charge in [-0.3, -0.25) is 4.79 Å². The number of carbonyl (C=O) groups is 1. The molecule has 3 aliphatic rings. The monoisotopic (exact) mass is 281 g/mol. The van der Waals surface area contributed by atoms with E-state index in [1.165, 1.54) is 19.3 Å². The zero-order chi connectivity index (χ0) is 14.6. The Bertz CT molecular complexity index is 616. The normalized spacial score (nSPS) is 36.7. The Kier molecular flexibility index (Phi) is 2.82. The van der Waals surface area contributed by atoms with Gasteiger partial charge in [0.15, 0.2) is 5.78 Å². The summed E-state index contributed by atoms with van der Waals surface area (Å²) >= 11 is 0. The van der Waals surface area contributed by atoms with Gasteiger partial charge in [-0.1, -0.05) is 12.1 Å². The van der Waals surface area contributed by atoms with Crippen molar-refractivity contribution in [3.8, 4) is 11.8 Å². The fourth-order valence-electron chi connectivity index (χ4n) is 5.02. The van der Waals surface area contributed by atoms with Gasteiger partial charge in [0.25, 0.3) is 0 Å². The molecule has 0 aromatic heterocycles. The molecule has 3 saturated carbocycles. The number of rotatable bonds is 4. The Morgan fingerprint density at radius 1 is 1.33 bits per heavy atom. The van der Waals surface area contributed by atoms with Crippen LogP contribution in [0.1, 0.15) is 30.7 Å². The maximum atomic E-state index is 12.8. The number of Topliss-reactive ketones (excluding diaryl/α,β-unsaturated/α-hetero) is 1. The summed E-state index contributed by atoms with van der Waals surface area (Å²) in [7, 11) is 1.60. The summed E-state index contributed by atoms with van der Waals surface area (Å²) in [4.78, 5) is 12.8. The van der Waals surface area contributed by atoms with Gasteiger partial charge in [0.1, 0.15) is 11.7 Å². The first-order valence-corrected chi connectivity index (χ1v) is 7.82. The molecule has 4 rings (SSSR count). The van der Waals surface area contributed by atoms with Crippen molar-refractivity contribution in [2.24, 2.45) is 29.6 Å². The molecule has 5 atom stereocenters. The zero-order valence-electron chi connectivity index (χ0n) is 12.2. The van der Waals surface area contributed by atoms with Gasteiger partial charge in [0.05, 0.1) is 13.2 Å². The van der Waals surface area contributed by atoms with Crippen LogP contribution in [0.25, 0.3) is 0 Å². The third-order valence-electron chi connectivity index (χ3n) is 5.90. The molecule has 5 unspecified atom stereocenters. The number of fused-ring (bicyclic) bond motifs is 5. The first kappa shape index (κ1) is 12.9. The molecule has 3 heteroatoms. The summed E-state index contributed by atoms with van der Waals surface area (Å²) in [5.41, 5.74) is 0.777. The fraction of sp³-hybridized carbons (Fsp3) is 0.556. The van der Waals surface area contributed by atoms with Crippen LogP contribution >= 0.6 is 0 Å². The molecule has 0 amide bonds. The van der Waals surface area contributed by atoms with E-state index in [0.717, 1.165) is 17.4 Å². The van der Waals surface area contributed by atoms with Crippen molar-refractivity contribution in [3.05, 3.63) is 29.8 Å². The standard InChI is InChI=1S/C18H19NO2/c1-21-13-4-2-3-10(8-13)14(9-19)18(20)17-15-11-5-6-12(7-11)16(15)17/h2-4,8,11-12,14-17H,5-7H2,1H3. The summed E-state index contributed by atoms with van der Waals surface area (Å²) in [6.07, 6.45) is 3.92. The van der Waals surface area contributed by atoms with Crippen molar-refractivity contribution >= 4 is 5.78 Å². The first-order chi connectivity index (χ1) is 10.2. The molecule has 3 fully saturated rings. The van der Waals surface area contributed by atoms with Crippen LogP contribution in [0.2, 0.25) is 0 Å². The summed E-state index contributed by atoms with van der Waals surface area (Å²) in [6.45, 7) is 0. The highest BCUT2D eigenvalue weighted by Gasteiger charge is 2.67. The van der Waals surface area contributed by atoms with Crippen molar-refractivity contribution in [2.75, 3.05) is 7.11 Å². The van der Waals surface area contributed by atoms with Crippen LogP contribution in [0, 0.1) is 40.9 Å². The van der Waals surface area contributed by atoms with Crippen molar-refractivity contribution < 1.29 is 9.53 Å². The lowest BCUT2D eigenvalue weighted by atomic mass is 9.89. The van der Waals surface area contributed by atoms with E-state index in [0.29, 0.717) is 17.6 Å². The van der Waals surface area contributed by atoms with Crippen molar-refractivity contribution in [1.82, 2.24) is 0 Å². The van der Waals surface area contributed by atoms with Gasteiger partial charge in [-0.25, -0.2) is 0 Å². The molecule has 1 aromatic carbocycles. The minimum absolute atomic E-state index is 0.150. The fourth-order valence-corrected chi connectivity index (χ4v) is 5.02. The molecule has 0 radical (unpaired) electrons. The maximum absolute atomic E-state index is 12.8.